The Hall–Kier alpha value is -3.20. The molecule has 3 heterocycles. The van der Waals surface area contributed by atoms with Crippen LogP contribution >= 0.6 is 11.8 Å². The van der Waals surface area contributed by atoms with E-state index in [0.29, 0.717) is 16.5 Å². The average Bonchev–Trinajstić information content (AvgIpc) is 3.39. The number of thioether (sulfide) groups is 1. The number of furan rings is 1. The fourth-order valence-corrected chi connectivity index (χ4v) is 3.92. The first-order chi connectivity index (χ1) is 14.5. The number of fused-ring (bicyclic) bond motifs is 1. The molecule has 0 saturated heterocycles. The smallest absolute Gasteiger partial charge is 0.373 e. The molecule has 1 aromatic carbocycles. The number of ether oxygens (including phenoxy) is 1. The van der Waals surface area contributed by atoms with Gasteiger partial charge in [0, 0.05) is 5.39 Å². The third-order valence-electron chi connectivity index (χ3n) is 4.51. The minimum atomic E-state index is -0.524. The van der Waals surface area contributed by atoms with E-state index in [2.05, 4.69) is 20.0 Å². The van der Waals surface area contributed by atoms with E-state index in [9.17, 15) is 9.18 Å². The monoisotopic (exact) mass is 426 g/mol. The SMILES string of the molecule is COC(=O)c1ccc(CSc2nnc(C(C)C)c3cnn(-c4ccc(F)cc4)c23)o1. The van der Waals surface area contributed by atoms with Crippen LogP contribution in [-0.2, 0) is 10.5 Å². The quantitative estimate of drug-likeness (QED) is 0.325. The Kier molecular flexibility index (Phi) is 5.54. The standard InChI is InChI=1S/C21H19FN4O3S/c1-12(2)18-16-10-23-26(14-6-4-13(22)5-7-14)19(16)20(25-24-18)30-11-15-8-9-17(29-15)21(27)28-3/h4-10,12H,11H2,1-3H3. The Labute approximate surface area is 176 Å². The molecule has 0 fully saturated rings. The average molecular weight is 426 g/mol. The number of aromatic nitrogens is 4. The summed E-state index contributed by atoms with van der Waals surface area (Å²) in [6.45, 7) is 4.09. The summed E-state index contributed by atoms with van der Waals surface area (Å²) in [6.07, 6.45) is 1.76. The van der Waals surface area contributed by atoms with Crippen LogP contribution in [0.1, 0.15) is 41.8 Å². The third kappa shape index (κ3) is 3.80. The van der Waals surface area contributed by atoms with Gasteiger partial charge >= 0.3 is 5.97 Å². The van der Waals surface area contributed by atoms with Gasteiger partial charge in [-0.1, -0.05) is 25.6 Å². The Morgan fingerprint density at radius 1 is 1.20 bits per heavy atom. The maximum absolute atomic E-state index is 13.4. The molecule has 0 bridgehead atoms. The number of hydrogen-bond acceptors (Lipinski definition) is 7. The predicted molar refractivity (Wildman–Crippen MR) is 110 cm³/mol. The van der Waals surface area contributed by atoms with E-state index in [0.717, 1.165) is 22.3 Å². The lowest BCUT2D eigenvalue weighted by Crippen LogP contribution is -2.02. The Bertz CT molecular complexity index is 1200. The van der Waals surface area contributed by atoms with Crippen LogP contribution in [-0.4, -0.2) is 33.1 Å². The molecule has 30 heavy (non-hydrogen) atoms. The molecule has 154 valence electrons. The molecule has 0 saturated carbocycles. The van der Waals surface area contributed by atoms with Crippen molar-refractivity contribution in [1.82, 2.24) is 20.0 Å². The highest BCUT2D eigenvalue weighted by Crippen LogP contribution is 2.33. The van der Waals surface area contributed by atoms with Crippen LogP contribution < -0.4 is 0 Å². The zero-order valence-corrected chi connectivity index (χ0v) is 17.4. The van der Waals surface area contributed by atoms with Crippen molar-refractivity contribution in [3.63, 3.8) is 0 Å². The molecule has 4 aromatic rings. The van der Waals surface area contributed by atoms with Gasteiger partial charge in [0.1, 0.15) is 22.1 Å². The van der Waals surface area contributed by atoms with E-state index in [1.54, 1.807) is 35.1 Å². The first-order valence-electron chi connectivity index (χ1n) is 9.28. The van der Waals surface area contributed by atoms with E-state index < -0.39 is 5.97 Å². The normalized spacial score (nSPS) is 11.4. The summed E-state index contributed by atoms with van der Waals surface area (Å²) in [6, 6.07) is 9.43. The maximum Gasteiger partial charge on any atom is 0.373 e. The number of rotatable bonds is 6. The van der Waals surface area contributed by atoms with E-state index in [-0.39, 0.29) is 17.5 Å². The second-order valence-corrected chi connectivity index (χ2v) is 7.85. The Morgan fingerprint density at radius 2 is 1.97 bits per heavy atom. The van der Waals surface area contributed by atoms with Gasteiger partial charge in [0.25, 0.3) is 0 Å². The van der Waals surface area contributed by atoms with Gasteiger partial charge in [0.2, 0.25) is 5.76 Å². The largest absolute Gasteiger partial charge is 0.463 e. The molecule has 0 aliphatic heterocycles. The number of benzene rings is 1. The minimum Gasteiger partial charge on any atom is -0.463 e. The summed E-state index contributed by atoms with van der Waals surface area (Å²) in [5, 5.41) is 14.9. The lowest BCUT2D eigenvalue weighted by atomic mass is 10.1. The zero-order valence-electron chi connectivity index (χ0n) is 16.6. The lowest BCUT2D eigenvalue weighted by Gasteiger charge is -2.10. The number of nitrogens with zero attached hydrogens (tertiary/aromatic N) is 4. The minimum absolute atomic E-state index is 0.149. The number of hydrogen-bond donors (Lipinski definition) is 0. The van der Waals surface area contributed by atoms with Crippen molar-refractivity contribution in [2.75, 3.05) is 7.11 Å². The topological polar surface area (TPSA) is 83.0 Å². The molecule has 4 rings (SSSR count). The summed E-state index contributed by atoms with van der Waals surface area (Å²) in [4.78, 5) is 11.6. The highest BCUT2D eigenvalue weighted by Gasteiger charge is 2.19. The molecule has 0 aliphatic rings. The summed E-state index contributed by atoms with van der Waals surface area (Å²) in [5.41, 5.74) is 2.36. The van der Waals surface area contributed by atoms with Crippen LogP contribution in [0.4, 0.5) is 4.39 Å². The van der Waals surface area contributed by atoms with E-state index in [1.807, 2.05) is 13.8 Å². The molecule has 0 aliphatic carbocycles. The molecule has 0 unspecified atom stereocenters. The molecule has 0 amide bonds. The summed E-state index contributed by atoms with van der Waals surface area (Å²) < 4.78 is 25.3. The number of methoxy groups -OCH3 is 1. The van der Waals surface area contributed by atoms with Crippen LogP contribution in [0.5, 0.6) is 0 Å². The van der Waals surface area contributed by atoms with E-state index in [4.69, 9.17) is 4.42 Å². The second-order valence-electron chi connectivity index (χ2n) is 6.89. The molecule has 3 aromatic heterocycles. The second kappa shape index (κ2) is 8.27. The number of carbonyl (C=O) groups is 1. The summed E-state index contributed by atoms with van der Waals surface area (Å²) in [7, 11) is 1.30. The molecule has 0 atom stereocenters. The van der Waals surface area contributed by atoms with Crippen molar-refractivity contribution >= 4 is 28.6 Å². The third-order valence-corrected chi connectivity index (χ3v) is 5.49. The first kappa shape index (κ1) is 20.1. The zero-order chi connectivity index (χ0) is 21.3. The first-order valence-corrected chi connectivity index (χ1v) is 10.3. The lowest BCUT2D eigenvalue weighted by molar-refractivity contribution is 0.0563. The molecule has 7 nitrogen and oxygen atoms in total. The Balaban J connectivity index is 1.72. The Morgan fingerprint density at radius 3 is 2.67 bits per heavy atom. The molecule has 0 radical (unpaired) electrons. The summed E-state index contributed by atoms with van der Waals surface area (Å²) >= 11 is 1.42. The summed E-state index contributed by atoms with van der Waals surface area (Å²) in [5.74, 6) is 0.525. The molecular weight excluding hydrogens is 407 g/mol. The predicted octanol–water partition coefficient (Wildman–Crippen LogP) is 4.75. The van der Waals surface area contributed by atoms with Crippen molar-refractivity contribution in [2.45, 2.75) is 30.5 Å². The molecule has 9 heteroatoms. The van der Waals surface area contributed by atoms with E-state index >= 15 is 0 Å². The van der Waals surface area contributed by atoms with Crippen molar-refractivity contribution in [2.24, 2.45) is 0 Å². The highest BCUT2D eigenvalue weighted by molar-refractivity contribution is 7.98. The fourth-order valence-electron chi connectivity index (χ4n) is 3.05. The molecule has 0 N–H and O–H groups in total. The van der Waals surface area contributed by atoms with Crippen LogP contribution in [0.3, 0.4) is 0 Å². The highest BCUT2D eigenvalue weighted by atomic mass is 32.2. The van der Waals surface area contributed by atoms with Crippen LogP contribution in [0.25, 0.3) is 16.6 Å². The van der Waals surface area contributed by atoms with Gasteiger partial charge < -0.3 is 9.15 Å². The van der Waals surface area contributed by atoms with Crippen LogP contribution in [0.15, 0.2) is 52.0 Å². The van der Waals surface area contributed by atoms with Gasteiger partial charge in [0.05, 0.1) is 30.4 Å². The van der Waals surface area contributed by atoms with E-state index in [1.165, 1.54) is 31.0 Å². The molecule has 0 spiro atoms. The van der Waals surface area contributed by atoms with Crippen LogP contribution in [0, 0.1) is 5.82 Å². The van der Waals surface area contributed by atoms with Gasteiger partial charge in [-0.15, -0.1) is 5.10 Å². The van der Waals surface area contributed by atoms with Gasteiger partial charge in [-0.3, -0.25) is 0 Å². The van der Waals surface area contributed by atoms with Gasteiger partial charge in [-0.25, -0.2) is 13.9 Å². The van der Waals surface area contributed by atoms with Crippen molar-refractivity contribution in [3.8, 4) is 5.69 Å². The number of esters is 1. The van der Waals surface area contributed by atoms with Gasteiger partial charge in [-0.05, 0) is 42.3 Å². The van der Waals surface area contributed by atoms with Gasteiger partial charge in [0.15, 0.2) is 0 Å². The fraction of sp³-hybridized carbons (Fsp3) is 0.238. The van der Waals surface area contributed by atoms with Crippen molar-refractivity contribution < 1.29 is 18.3 Å². The van der Waals surface area contributed by atoms with Crippen LogP contribution in [0.2, 0.25) is 0 Å². The number of halogens is 1. The number of carbonyl (C=O) groups excluding carboxylic acids is 1. The maximum atomic E-state index is 13.4. The van der Waals surface area contributed by atoms with Crippen molar-refractivity contribution in [3.05, 3.63) is 65.6 Å². The van der Waals surface area contributed by atoms with Crippen molar-refractivity contribution in [1.29, 1.82) is 0 Å². The van der Waals surface area contributed by atoms with Gasteiger partial charge in [-0.2, -0.15) is 10.2 Å². The molecular formula is C21H19FN4O3S.